The molecule has 10 heteroatoms. The maximum Gasteiger partial charge on any atom is 0.419 e. The van der Waals surface area contributed by atoms with Crippen molar-refractivity contribution < 1.29 is 17.9 Å². The summed E-state index contributed by atoms with van der Waals surface area (Å²) in [5.41, 5.74) is 0.993. The van der Waals surface area contributed by atoms with Crippen LogP contribution < -0.4 is 10.6 Å². The third-order valence-corrected chi connectivity index (χ3v) is 7.27. The zero-order valence-corrected chi connectivity index (χ0v) is 18.0. The van der Waals surface area contributed by atoms with Gasteiger partial charge < -0.3 is 20.4 Å². The van der Waals surface area contributed by atoms with Crippen molar-refractivity contribution in [2.45, 2.75) is 43.3 Å². The average Bonchev–Trinajstić information content (AvgIpc) is 3.42. The molecule has 3 N–H and O–H groups in total. The van der Waals surface area contributed by atoms with Crippen LogP contribution in [0, 0.1) is 5.92 Å². The zero-order chi connectivity index (χ0) is 22.6. The van der Waals surface area contributed by atoms with E-state index in [4.69, 9.17) is 9.72 Å². The van der Waals surface area contributed by atoms with Gasteiger partial charge in [-0.3, -0.25) is 0 Å². The number of alkyl halides is 3. The number of aromatic amines is 1. The van der Waals surface area contributed by atoms with Gasteiger partial charge in [-0.05, 0) is 50.3 Å². The minimum Gasteiger partial charge on any atom is -0.381 e. The minimum absolute atomic E-state index is 0.0505. The van der Waals surface area contributed by atoms with E-state index in [2.05, 4.69) is 25.6 Å². The molecule has 3 fully saturated rings. The van der Waals surface area contributed by atoms with Gasteiger partial charge in [0.2, 0.25) is 5.95 Å². The first kappa shape index (κ1) is 20.9. The normalized spacial score (nSPS) is 27.4. The molecule has 0 amide bonds. The Morgan fingerprint density at radius 3 is 2.91 bits per heavy atom. The van der Waals surface area contributed by atoms with Crippen molar-refractivity contribution in [2.24, 2.45) is 5.92 Å². The standard InChI is InChI=1S/C23H25F3N6O/c24-23(25,26)17-11-29-21(30-14-2-1-6-27-9-14)32-19(17)16-10-28-20-15(16)3-4-18(31-20)22-5-7-33-12-13(22)8-22/h3-4,10-11,13-14,27H,1-2,5-9,12H2,(H,28,31)(H,29,30,32)/t13?,14-,22?/m0/s1. The predicted octanol–water partition coefficient (Wildman–Crippen LogP) is 3.88. The van der Waals surface area contributed by atoms with Crippen molar-refractivity contribution in [1.82, 2.24) is 25.3 Å². The summed E-state index contributed by atoms with van der Waals surface area (Å²) in [6.07, 6.45) is 1.76. The molecule has 2 unspecified atom stereocenters. The summed E-state index contributed by atoms with van der Waals surface area (Å²) in [6, 6.07) is 3.90. The van der Waals surface area contributed by atoms with E-state index in [0.717, 1.165) is 57.3 Å². The molecule has 0 aromatic carbocycles. The summed E-state index contributed by atoms with van der Waals surface area (Å²) < 4.78 is 47.1. The number of piperidine rings is 1. The van der Waals surface area contributed by atoms with Crippen molar-refractivity contribution in [2.75, 3.05) is 31.6 Å². The zero-order valence-electron chi connectivity index (χ0n) is 18.0. The van der Waals surface area contributed by atoms with Gasteiger partial charge in [-0.15, -0.1) is 0 Å². The van der Waals surface area contributed by atoms with Crippen LogP contribution in [0.4, 0.5) is 19.1 Å². The van der Waals surface area contributed by atoms with Crippen LogP contribution in [0.2, 0.25) is 0 Å². The monoisotopic (exact) mass is 458 g/mol. The summed E-state index contributed by atoms with van der Waals surface area (Å²) in [4.78, 5) is 16.2. The second kappa shape index (κ2) is 7.66. The highest BCUT2D eigenvalue weighted by molar-refractivity contribution is 5.93. The summed E-state index contributed by atoms with van der Waals surface area (Å²) in [6.45, 7) is 3.14. The molecule has 3 aromatic rings. The third kappa shape index (κ3) is 3.65. The smallest absolute Gasteiger partial charge is 0.381 e. The number of hydrogen-bond donors (Lipinski definition) is 3. The van der Waals surface area contributed by atoms with Crippen LogP contribution in [0.1, 0.15) is 36.9 Å². The lowest BCUT2D eigenvalue weighted by Gasteiger charge is -2.24. The fraction of sp³-hybridized carbons (Fsp3) is 0.522. The molecule has 3 aromatic heterocycles. The molecule has 1 aliphatic carbocycles. The highest BCUT2D eigenvalue weighted by Crippen LogP contribution is 2.58. The number of nitrogens with zero attached hydrogens (tertiary/aromatic N) is 3. The van der Waals surface area contributed by atoms with Crippen molar-refractivity contribution >= 4 is 17.0 Å². The number of anilines is 1. The Labute approximate surface area is 188 Å². The third-order valence-electron chi connectivity index (χ3n) is 7.27. The Bertz CT molecular complexity index is 1190. The van der Waals surface area contributed by atoms with Gasteiger partial charge in [-0.1, -0.05) is 0 Å². The lowest BCUT2D eigenvalue weighted by Crippen LogP contribution is -2.38. The quantitative estimate of drug-likeness (QED) is 0.550. The Kier molecular flexibility index (Phi) is 4.84. The number of H-pyrrole nitrogens is 1. The summed E-state index contributed by atoms with van der Waals surface area (Å²) in [7, 11) is 0. The van der Waals surface area contributed by atoms with E-state index >= 15 is 0 Å². The van der Waals surface area contributed by atoms with Crippen LogP contribution in [0.25, 0.3) is 22.3 Å². The van der Waals surface area contributed by atoms with Gasteiger partial charge >= 0.3 is 6.18 Å². The molecule has 6 rings (SSSR count). The summed E-state index contributed by atoms with van der Waals surface area (Å²) in [5, 5.41) is 7.08. The van der Waals surface area contributed by atoms with E-state index in [1.54, 1.807) is 6.20 Å². The molecular weight excluding hydrogens is 433 g/mol. The van der Waals surface area contributed by atoms with Crippen LogP contribution in [0.3, 0.4) is 0 Å². The van der Waals surface area contributed by atoms with Gasteiger partial charge in [0, 0.05) is 53.6 Å². The molecular formula is C23H25F3N6O. The average molecular weight is 458 g/mol. The van der Waals surface area contributed by atoms with Crippen LogP contribution in [-0.4, -0.2) is 52.3 Å². The number of halogens is 3. The van der Waals surface area contributed by atoms with E-state index in [1.165, 1.54) is 0 Å². The fourth-order valence-corrected chi connectivity index (χ4v) is 5.33. The van der Waals surface area contributed by atoms with Crippen molar-refractivity contribution in [3.8, 4) is 11.3 Å². The van der Waals surface area contributed by atoms with Crippen LogP contribution >= 0.6 is 0 Å². The molecule has 3 aliphatic rings. The Hall–Kier alpha value is -2.72. The maximum atomic E-state index is 13.8. The first-order valence-corrected chi connectivity index (χ1v) is 11.4. The van der Waals surface area contributed by atoms with E-state index in [1.807, 2.05) is 12.1 Å². The van der Waals surface area contributed by atoms with Crippen LogP contribution in [0.15, 0.2) is 24.5 Å². The number of aromatic nitrogens is 4. The van der Waals surface area contributed by atoms with Crippen LogP contribution in [0.5, 0.6) is 0 Å². The van der Waals surface area contributed by atoms with Crippen molar-refractivity contribution in [3.63, 3.8) is 0 Å². The maximum absolute atomic E-state index is 13.8. The first-order chi connectivity index (χ1) is 15.9. The van der Waals surface area contributed by atoms with Gasteiger partial charge in [0.05, 0.1) is 12.3 Å². The molecule has 33 heavy (non-hydrogen) atoms. The second-order valence-electron chi connectivity index (χ2n) is 9.32. The minimum atomic E-state index is -4.57. The SMILES string of the molecule is FC(F)(F)c1cnc(N[C@H]2CCCNC2)nc1-c1c[nH]c2nc(C34CCOCC3C4)ccc12. The van der Waals surface area contributed by atoms with Gasteiger partial charge in [0.25, 0.3) is 0 Å². The topological polar surface area (TPSA) is 87.8 Å². The summed E-state index contributed by atoms with van der Waals surface area (Å²) in [5.74, 6) is 0.680. The Morgan fingerprint density at radius 2 is 2.12 bits per heavy atom. The highest BCUT2D eigenvalue weighted by Gasteiger charge is 2.57. The molecule has 5 heterocycles. The molecule has 3 atom stereocenters. The van der Waals surface area contributed by atoms with Crippen molar-refractivity contribution in [1.29, 1.82) is 0 Å². The molecule has 0 radical (unpaired) electrons. The van der Waals surface area contributed by atoms with E-state index in [9.17, 15) is 13.2 Å². The molecule has 0 spiro atoms. The van der Waals surface area contributed by atoms with Gasteiger partial charge in [0.1, 0.15) is 11.2 Å². The fourth-order valence-electron chi connectivity index (χ4n) is 5.33. The van der Waals surface area contributed by atoms with E-state index in [-0.39, 0.29) is 23.1 Å². The molecule has 0 bridgehead atoms. The molecule has 7 nitrogen and oxygen atoms in total. The number of pyridine rings is 1. The Balaban J connectivity index is 1.38. The predicted molar refractivity (Wildman–Crippen MR) is 117 cm³/mol. The number of fused-ring (bicyclic) bond motifs is 2. The number of hydrogen-bond acceptors (Lipinski definition) is 6. The molecule has 2 saturated heterocycles. The second-order valence-corrected chi connectivity index (χ2v) is 9.32. The summed E-state index contributed by atoms with van der Waals surface area (Å²) >= 11 is 0. The number of ether oxygens (including phenoxy) is 1. The lowest BCUT2D eigenvalue weighted by molar-refractivity contribution is -0.137. The highest BCUT2D eigenvalue weighted by atomic mass is 19.4. The van der Waals surface area contributed by atoms with E-state index in [0.29, 0.717) is 29.1 Å². The van der Waals surface area contributed by atoms with Crippen molar-refractivity contribution in [3.05, 3.63) is 35.8 Å². The molecule has 1 saturated carbocycles. The van der Waals surface area contributed by atoms with Gasteiger partial charge in [0.15, 0.2) is 0 Å². The lowest BCUT2D eigenvalue weighted by atomic mass is 9.93. The van der Waals surface area contributed by atoms with Gasteiger partial charge in [-0.2, -0.15) is 13.2 Å². The van der Waals surface area contributed by atoms with Gasteiger partial charge in [-0.25, -0.2) is 15.0 Å². The number of nitrogens with one attached hydrogen (secondary N) is 3. The first-order valence-electron chi connectivity index (χ1n) is 11.4. The van der Waals surface area contributed by atoms with Crippen LogP contribution in [-0.2, 0) is 16.3 Å². The van der Waals surface area contributed by atoms with E-state index < -0.39 is 11.7 Å². The number of rotatable bonds is 4. The largest absolute Gasteiger partial charge is 0.419 e. The Morgan fingerprint density at radius 1 is 1.21 bits per heavy atom. The molecule has 174 valence electrons. The molecule has 2 aliphatic heterocycles.